The standard InChI is InChI=1S/C18H24BrN3O2/c1-12-8-14(10-20)15(19)9-16(12)21-6-7-22(13(2)11-21)17(23)24-18(3,4)5/h8-9,13H,6-7,11H2,1-5H3. The van der Waals surface area contributed by atoms with Crippen molar-refractivity contribution in [3.63, 3.8) is 0 Å². The minimum atomic E-state index is -0.484. The fraction of sp³-hybridized carbons (Fsp3) is 0.556. The van der Waals surface area contributed by atoms with Gasteiger partial charge in [0.15, 0.2) is 0 Å². The van der Waals surface area contributed by atoms with E-state index < -0.39 is 5.60 Å². The molecule has 0 bridgehead atoms. The molecule has 1 aliphatic rings. The lowest BCUT2D eigenvalue weighted by atomic mass is 10.1. The summed E-state index contributed by atoms with van der Waals surface area (Å²) in [4.78, 5) is 16.4. The number of benzene rings is 1. The number of hydrogen-bond acceptors (Lipinski definition) is 4. The maximum Gasteiger partial charge on any atom is 0.410 e. The number of piperazine rings is 1. The van der Waals surface area contributed by atoms with E-state index in [0.29, 0.717) is 12.1 Å². The van der Waals surface area contributed by atoms with Gasteiger partial charge in [0.25, 0.3) is 0 Å². The van der Waals surface area contributed by atoms with Crippen LogP contribution in [0.5, 0.6) is 0 Å². The highest BCUT2D eigenvalue weighted by molar-refractivity contribution is 9.10. The van der Waals surface area contributed by atoms with Crippen molar-refractivity contribution in [2.75, 3.05) is 24.5 Å². The summed E-state index contributed by atoms with van der Waals surface area (Å²) in [6, 6.07) is 6.12. The molecule has 1 fully saturated rings. The van der Waals surface area contributed by atoms with Crippen molar-refractivity contribution in [2.24, 2.45) is 0 Å². The average Bonchev–Trinajstić information content (AvgIpc) is 2.47. The molecule has 1 aromatic carbocycles. The predicted molar refractivity (Wildman–Crippen MR) is 98.2 cm³/mol. The molecule has 24 heavy (non-hydrogen) atoms. The van der Waals surface area contributed by atoms with Crippen LogP contribution in [0.2, 0.25) is 0 Å². The van der Waals surface area contributed by atoms with Crippen LogP contribution >= 0.6 is 15.9 Å². The van der Waals surface area contributed by atoms with E-state index in [1.165, 1.54) is 0 Å². The number of hydrogen-bond donors (Lipinski definition) is 0. The second kappa shape index (κ2) is 7.02. The van der Waals surface area contributed by atoms with E-state index in [1.54, 1.807) is 4.90 Å². The van der Waals surface area contributed by atoms with Gasteiger partial charge >= 0.3 is 6.09 Å². The summed E-state index contributed by atoms with van der Waals surface area (Å²) in [5.74, 6) is 0. The van der Waals surface area contributed by atoms with Crippen molar-refractivity contribution in [3.8, 4) is 6.07 Å². The quantitative estimate of drug-likeness (QED) is 0.721. The third-order valence-corrected chi connectivity index (χ3v) is 4.66. The van der Waals surface area contributed by atoms with Gasteiger partial charge in [-0.05, 0) is 68.2 Å². The number of carbonyl (C=O) groups excluding carboxylic acids is 1. The molecule has 1 atom stereocenters. The molecule has 0 N–H and O–H groups in total. The second-order valence-corrected chi connectivity index (χ2v) is 8.05. The molecule has 0 spiro atoms. The highest BCUT2D eigenvalue weighted by Gasteiger charge is 2.31. The first-order valence-corrected chi connectivity index (χ1v) is 8.86. The third-order valence-electron chi connectivity index (χ3n) is 4.00. The van der Waals surface area contributed by atoms with E-state index in [1.807, 2.05) is 46.8 Å². The normalized spacial score (nSPS) is 18.3. The summed E-state index contributed by atoms with van der Waals surface area (Å²) in [7, 11) is 0. The fourth-order valence-corrected chi connectivity index (χ4v) is 3.29. The lowest BCUT2D eigenvalue weighted by molar-refractivity contribution is 0.0159. The number of ether oxygens (including phenoxy) is 1. The van der Waals surface area contributed by atoms with Crippen LogP contribution in [0.25, 0.3) is 0 Å². The zero-order chi connectivity index (χ0) is 18.1. The Morgan fingerprint density at radius 1 is 1.38 bits per heavy atom. The first kappa shape index (κ1) is 18.6. The van der Waals surface area contributed by atoms with E-state index in [0.717, 1.165) is 28.8 Å². The van der Waals surface area contributed by atoms with Crippen LogP contribution in [-0.4, -0.2) is 42.3 Å². The fourth-order valence-electron chi connectivity index (χ4n) is 2.87. The molecule has 6 heteroatoms. The monoisotopic (exact) mass is 393 g/mol. The average molecular weight is 394 g/mol. The van der Waals surface area contributed by atoms with Gasteiger partial charge in [0.2, 0.25) is 0 Å². The predicted octanol–water partition coefficient (Wildman–Crippen LogP) is 4.07. The molecule has 0 aliphatic carbocycles. The molecule has 1 aliphatic heterocycles. The Kier molecular flexibility index (Phi) is 5.44. The maximum absolute atomic E-state index is 12.3. The van der Waals surface area contributed by atoms with Crippen LogP contribution in [0.1, 0.15) is 38.8 Å². The number of carbonyl (C=O) groups is 1. The Hall–Kier alpha value is -1.74. The molecule has 0 saturated carbocycles. The summed E-state index contributed by atoms with van der Waals surface area (Å²) in [5.41, 5.74) is 2.31. The Labute approximate surface area is 152 Å². The van der Waals surface area contributed by atoms with Crippen LogP contribution in [-0.2, 0) is 4.74 Å². The molecule has 1 heterocycles. The number of halogens is 1. The minimum Gasteiger partial charge on any atom is -0.444 e. The molecule has 2 rings (SSSR count). The zero-order valence-corrected chi connectivity index (χ0v) is 16.5. The van der Waals surface area contributed by atoms with Crippen LogP contribution in [0.15, 0.2) is 16.6 Å². The smallest absolute Gasteiger partial charge is 0.410 e. The number of nitrogens with zero attached hydrogens (tertiary/aromatic N) is 3. The van der Waals surface area contributed by atoms with Crippen LogP contribution in [0.4, 0.5) is 10.5 Å². The largest absolute Gasteiger partial charge is 0.444 e. The number of rotatable bonds is 1. The lowest BCUT2D eigenvalue weighted by Gasteiger charge is -2.41. The number of amides is 1. The van der Waals surface area contributed by atoms with Gasteiger partial charge in [0, 0.05) is 35.8 Å². The summed E-state index contributed by atoms with van der Waals surface area (Å²) < 4.78 is 6.29. The van der Waals surface area contributed by atoms with Crippen molar-refractivity contribution >= 4 is 27.7 Å². The van der Waals surface area contributed by atoms with E-state index in [9.17, 15) is 4.79 Å². The molecule has 0 radical (unpaired) electrons. The summed E-state index contributed by atoms with van der Waals surface area (Å²) in [5, 5.41) is 9.12. The Morgan fingerprint density at radius 3 is 2.58 bits per heavy atom. The molecule has 0 aromatic heterocycles. The highest BCUT2D eigenvalue weighted by atomic mass is 79.9. The van der Waals surface area contributed by atoms with Crippen molar-refractivity contribution in [3.05, 3.63) is 27.7 Å². The van der Waals surface area contributed by atoms with Gasteiger partial charge in [-0.15, -0.1) is 0 Å². The lowest BCUT2D eigenvalue weighted by Crippen LogP contribution is -2.55. The van der Waals surface area contributed by atoms with Crippen LogP contribution < -0.4 is 4.90 Å². The van der Waals surface area contributed by atoms with Gasteiger partial charge < -0.3 is 14.5 Å². The zero-order valence-electron chi connectivity index (χ0n) is 14.9. The number of nitriles is 1. The molecule has 5 nitrogen and oxygen atoms in total. The van der Waals surface area contributed by atoms with Gasteiger partial charge in [-0.3, -0.25) is 0 Å². The van der Waals surface area contributed by atoms with Gasteiger partial charge in [-0.1, -0.05) is 0 Å². The SMILES string of the molecule is Cc1cc(C#N)c(Br)cc1N1CCN(C(=O)OC(C)(C)C)C(C)C1. The molecule has 130 valence electrons. The molecule has 1 aromatic rings. The summed E-state index contributed by atoms with van der Waals surface area (Å²) >= 11 is 3.46. The van der Waals surface area contributed by atoms with E-state index >= 15 is 0 Å². The number of aryl methyl sites for hydroxylation is 1. The first-order valence-electron chi connectivity index (χ1n) is 8.07. The maximum atomic E-state index is 12.3. The van der Waals surface area contributed by atoms with E-state index in [4.69, 9.17) is 10.00 Å². The van der Waals surface area contributed by atoms with Gasteiger partial charge in [0.05, 0.1) is 5.56 Å². The Morgan fingerprint density at radius 2 is 2.04 bits per heavy atom. The number of anilines is 1. The third kappa shape index (κ3) is 4.21. The van der Waals surface area contributed by atoms with Crippen LogP contribution in [0.3, 0.4) is 0 Å². The van der Waals surface area contributed by atoms with Crippen LogP contribution in [0, 0.1) is 18.3 Å². The highest BCUT2D eigenvalue weighted by Crippen LogP contribution is 2.29. The van der Waals surface area contributed by atoms with Gasteiger partial charge in [0.1, 0.15) is 11.7 Å². The first-order chi connectivity index (χ1) is 11.1. The van der Waals surface area contributed by atoms with Crippen molar-refractivity contribution in [2.45, 2.75) is 46.3 Å². The Balaban J connectivity index is 2.13. The van der Waals surface area contributed by atoms with Gasteiger partial charge in [-0.25, -0.2) is 4.79 Å². The molecular formula is C18H24BrN3O2. The topological polar surface area (TPSA) is 56.6 Å². The summed E-state index contributed by atoms with van der Waals surface area (Å²) in [6.45, 7) is 11.8. The molecule has 1 unspecified atom stereocenters. The van der Waals surface area contributed by atoms with Crippen molar-refractivity contribution in [1.82, 2.24) is 4.90 Å². The van der Waals surface area contributed by atoms with Gasteiger partial charge in [-0.2, -0.15) is 5.26 Å². The minimum absolute atomic E-state index is 0.0578. The molecule has 1 amide bonds. The second-order valence-electron chi connectivity index (χ2n) is 7.20. The van der Waals surface area contributed by atoms with E-state index in [2.05, 4.69) is 26.9 Å². The molecular weight excluding hydrogens is 370 g/mol. The Bertz CT molecular complexity index is 676. The van der Waals surface area contributed by atoms with Crippen molar-refractivity contribution in [1.29, 1.82) is 5.26 Å². The van der Waals surface area contributed by atoms with Crippen molar-refractivity contribution < 1.29 is 9.53 Å². The van der Waals surface area contributed by atoms with E-state index in [-0.39, 0.29) is 12.1 Å². The summed E-state index contributed by atoms with van der Waals surface area (Å²) in [6.07, 6.45) is -0.257. The molecule has 1 saturated heterocycles.